The molecule has 2 unspecified atom stereocenters. The van der Waals surface area contributed by atoms with Crippen LogP contribution in [0.15, 0.2) is 158 Å². The van der Waals surface area contributed by atoms with Crippen LogP contribution in [-0.2, 0) is 0 Å². The van der Waals surface area contributed by atoms with Crippen LogP contribution in [-0.4, -0.2) is 31.1 Å². The fraction of sp³-hybridized carbons (Fsp3) is 0.438. The monoisotopic (exact) mass is 967 g/mol. The molecular weight excluding hydrogens is 881 g/mol. The van der Waals surface area contributed by atoms with Gasteiger partial charge in [0.05, 0.1) is 0 Å². The van der Waals surface area contributed by atoms with Gasteiger partial charge in [-0.15, -0.1) is 0 Å². The summed E-state index contributed by atoms with van der Waals surface area (Å²) in [6.07, 6.45) is 26.3. The van der Waals surface area contributed by atoms with Crippen molar-refractivity contribution in [2.24, 2.45) is 0 Å². The van der Waals surface area contributed by atoms with Gasteiger partial charge < -0.3 is 8.47 Å². The van der Waals surface area contributed by atoms with Crippen molar-refractivity contribution in [2.75, 3.05) is 0 Å². The van der Waals surface area contributed by atoms with Crippen molar-refractivity contribution in [1.29, 1.82) is 0 Å². The molecule has 5 heteroatoms. The number of benzene rings is 6. The summed E-state index contributed by atoms with van der Waals surface area (Å²) < 4.78 is 6.54. The third-order valence-electron chi connectivity index (χ3n) is 16.6. The van der Waals surface area contributed by atoms with Crippen LogP contribution in [0.25, 0.3) is 43.6 Å². The third kappa shape index (κ3) is 10.2. The lowest BCUT2D eigenvalue weighted by molar-refractivity contribution is 0.619. The van der Waals surface area contributed by atoms with E-state index in [2.05, 4.69) is 194 Å². The maximum Gasteiger partial charge on any atom is 0.161 e. The normalized spacial score (nSPS) is 14.0. The van der Waals surface area contributed by atoms with Gasteiger partial charge in [-0.2, -0.15) is 0 Å². The summed E-state index contributed by atoms with van der Waals surface area (Å²) in [4.78, 5) is 0. The first-order chi connectivity index (χ1) is 34.1. The summed E-state index contributed by atoms with van der Waals surface area (Å²) >= 11 is 0. The average Bonchev–Trinajstić information content (AvgIpc) is 3.92. The zero-order valence-electron chi connectivity index (χ0n) is 43.4. The van der Waals surface area contributed by atoms with E-state index in [-0.39, 0.29) is 0 Å². The van der Waals surface area contributed by atoms with Crippen LogP contribution < -0.4 is 10.4 Å². The summed E-state index contributed by atoms with van der Waals surface area (Å²) in [7, 11) is -8.75. The molecule has 2 atom stereocenters. The molecule has 2 aromatic heterocycles. The van der Waals surface area contributed by atoms with Gasteiger partial charge in [0.1, 0.15) is 0 Å². The van der Waals surface area contributed by atoms with E-state index in [9.17, 15) is 0 Å². The molecule has 8 aromatic rings. The van der Waals surface area contributed by atoms with Crippen molar-refractivity contribution in [1.82, 2.24) is 8.47 Å². The fourth-order valence-electron chi connectivity index (χ4n) is 13.7. The standard InChI is InChI=1S/C64H86N2Si3/c1-5-9-13-17-20-38-54-68(53-37-19-15-11-7-3,66-63-49-33-29-45-59(63)60-46-30-34-50-64(60)66)69(55-39-23-21-24-40-55,56-41-25-22-26-42-56)67(51-35-16-12-8-4,52-36-18-14-10-6-2)65-61-47-31-27-43-57(61)58-44-28-32-48-62(58)65/h21-34,39-50H,5-20,35-38,51-54H2,1-4H3. The Kier molecular flexibility index (Phi) is 18.5. The van der Waals surface area contributed by atoms with E-state index < -0.39 is 22.6 Å². The minimum absolute atomic E-state index is 1.26. The number of fused-ring (bicyclic) bond motifs is 6. The molecule has 0 bridgehead atoms. The highest BCUT2D eigenvalue weighted by Gasteiger charge is 2.70. The molecule has 2 heterocycles. The Labute approximate surface area is 420 Å². The predicted molar refractivity (Wildman–Crippen MR) is 313 cm³/mol. The maximum atomic E-state index is 3.27. The second kappa shape index (κ2) is 25.1. The summed E-state index contributed by atoms with van der Waals surface area (Å²) in [6, 6.07) is 69.8. The molecule has 0 saturated carbocycles. The molecule has 69 heavy (non-hydrogen) atoms. The molecule has 0 N–H and O–H groups in total. The van der Waals surface area contributed by atoms with Gasteiger partial charge in [0.15, 0.2) is 22.6 Å². The van der Waals surface area contributed by atoms with Crippen LogP contribution in [0.4, 0.5) is 0 Å². The van der Waals surface area contributed by atoms with E-state index in [4.69, 9.17) is 0 Å². The molecule has 0 aliphatic heterocycles. The number of para-hydroxylation sites is 4. The zero-order chi connectivity index (χ0) is 47.8. The van der Waals surface area contributed by atoms with Crippen molar-refractivity contribution >= 4 is 76.6 Å². The first kappa shape index (κ1) is 50.9. The Morgan fingerprint density at radius 2 is 0.493 bits per heavy atom. The summed E-state index contributed by atoms with van der Waals surface area (Å²) in [5, 5.41) is 9.29. The molecule has 0 aliphatic carbocycles. The van der Waals surface area contributed by atoms with E-state index >= 15 is 0 Å². The van der Waals surface area contributed by atoms with Gasteiger partial charge in [-0.1, -0.05) is 300 Å². The van der Waals surface area contributed by atoms with Crippen LogP contribution in [0, 0.1) is 0 Å². The molecule has 6 aromatic carbocycles. The smallest absolute Gasteiger partial charge is 0.161 e. The van der Waals surface area contributed by atoms with E-state index in [1.807, 2.05) is 0 Å². The summed E-state index contributed by atoms with van der Waals surface area (Å²) in [6.45, 7) is 9.57. The molecule has 0 aliphatic rings. The highest BCUT2D eigenvalue weighted by Crippen LogP contribution is 2.49. The molecule has 0 amide bonds. The van der Waals surface area contributed by atoms with Crippen molar-refractivity contribution in [2.45, 2.75) is 180 Å². The minimum Gasteiger partial charge on any atom is -0.369 e. The number of hydrogen-bond acceptors (Lipinski definition) is 0. The number of aromatic nitrogens is 2. The van der Waals surface area contributed by atoms with E-state index in [1.165, 1.54) is 196 Å². The van der Waals surface area contributed by atoms with Crippen molar-refractivity contribution in [3.8, 4) is 0 Å². The third-order valence-corrected chi connectivity index (χ3v) is 53.7. The largest absolute Gasteiger partial charge is 0.369 e. The Morgan fingerprint density at radius 3 is 0.783 bits per heavy atom. The van der Waals surface area contributed by atoms with E-state index in [0.717, 1.165) is 0 Å². The lowest BCUT2D eigenvalue weighted by Crippen LogP contribution is -2.92. The maximum absolute atomic E-state index is 3.27. The van der Waals surface area contributed by atoms with Crippen LogP contribution in [0.2, 0.25) is 24.2 Å². The van der Waals surface area contributed by atoms with Crippen molar-refractivity contribution in [3.05, 3.63) is 158 Å². The summed E-state index contributed by atoms with van der Waals surface area (Å²) in [5.41, 5.74) is 6.02. The molecule has 0 radical (unpaired) electrons. The molecule has 2 nitrogen and oxygen atoms in total. The number of hydrogen-bond donors (Lipinski definition) is 0. The van der Waals surface area contributed by atoms with Crippen LogP contribution in [0.3, 0.4) is 0 Å². The van der Waals surface area contributed by atoms with Crippen molar-refractivity contribution in [3.63, 3.8) is 0 Å². The Hall–Kier alpha value is -4.43. The highest BCUT2D eigenvalue weighted by atomic mass is 29.6. The topological polar surface area (TPSA) is 9.86 Å². The van der Waals surface area contributed by atoms with E-state index in [1.54, 1.807) is 10.4 Å². The first-order valence-corrected chi connectivity index (χ1v) is 36.9. The minimum atomic E-state index is -3.05. The van der Waals surface area contributed by atoms with Gasteiger partial charge >= 0.3 is 0 Å². The second-order valence-corrected chi connectivity index (χ2v) is 42.2. The van der Waals surface area contributed by atoms with E-state index in [0.29, 0.717) is 0 Å². The van der Waals surface area contributed by atoms with Gasteiger partial charge in [0.2, 0.25) is 0 Å². The molecule has 8 rings (SSSR count). The fourth-order valence-corrected chi connectivity index (χ4v) is 63.4. The Morgan fingerprint density at radius 1 is 0.261 bits per heavy atom. The van der Waals surface area contributed by atoms with Gasteiger partial charge in [0, 0.05) is 43.6 Å². The quantitative estimate of drug-likeness (QED) is 0.0314. The van der Waals surface area contributed by atoms with Gasteiger partial charge in [-0.25, -0.2) is 0 Å². The molecule has 0 fully saturated rings. The number of nitrogens with zero attached hydrogens (tertiary/aromatic N) is 2. The second-order valence-electron chi connectivity index (χ2n) is 20.9. The number of unbranched alkanes of at least 4 members (excludes halogenated alkanes) is 16. The lowest BCUT2D eigenvalue weighted by Gasteiger charge is -2.59. The molecular formula is C64H86N2Si3. The van der Waals surface area contributed by atoms with Crippen LogP contribution in [0.1, 0.15) is 156 Å². The van der Waals surface area contributed by atoms with Gasteiger partial charge in [-0.05, 0) is 48.4 Å². The SMILES string of the molecule is CCCCCCCC[Si](CCCCCCC)(n1c2ccccc2c2ccccc21)[Si](c1ccccc1)(c1ccccc1)[Si](CCCCCC)(CCCCCCC)n1c2ccccc2c2ccccc21. The zero-order valence-corrected chi connectivity index (χ0v) is 46.4. The Balaban J connectivity index is 1.62. The Bertz CT molecular complexity index is 2630. The molecule has 364 valence electrons. The lowest BCUT2D eigenvalue weighted by atomic mass is 10.1. The highest BCUT2D eigenvalue weighted by molar-refractivity contribution is 7.77. The first-order valence-electron chi connectivity index (χ1n) is 28.2. The summed E-state index contributed by atoms with van der Waals surface area (Å²) in [5.74, 6) is 0. The van der Waals surface area contributed by atoms with Crippen LogP contribution in [0.5, 0.6) is 0 Å². The van der Waals surface area contributed by atoms with Crippen LogP contribution >= 0.6 is 0 Å². The molecule has 0 spiro atoms. The average molecular weight is 968 g/mol. The molecule has 0 saturated heterocycles. The van der Waals surface area contributed by atoms with Gasteiger partial charge in [0.25, 0.3) is 0 Å². The van der Waals surface area contributed by atoms with Crippen molar-refractivity contribution < 1.29 is 0 Å². The van der Waals surface area contributed by atoms with Gasteiger partial charge in [-0.3, -0.25) is 0 Å². The number of rotatable bonds is 30. The predicted octanol–water partition coefficient (Wildman–Crippen LogP) is 18.5.